The number of benzene rings is 1. The maximum absolute atomic E-state index is 13.2. The van der Waals surface area contributed by atoms with Crippen molar-refractivity contribution >= 4 is 40.0 Å². The highest BCUT2D eigenvalue weighted by Gasteiger charge is 2.29. The third-order valence-electron chi connectivity index (χ3n) is 6.13. The van der Waals surface area contributed by atoms with Gasteiger partial charge in [-0.15, -0.1) is 24.0 Å². The average Bonchev–Trinajstić information content (AvgIpc) is 3.22. The first kappa shape index (κ1) is 26.3. The minimum Gasteiger partial charge on any atom is -0.355 e. The Balaban J connectivity index is 0.00000341. The van der Waals surface area contributed by atoms with E-state index in [2.05, 4.69) is 32.3 Å². The fraction of sp³-hybridized carbons (Fsp3) is 0.667. The van der Waals surface area contributed by atoms with E-state index in [1.165, 1.54) is 12.8 Å². The number of guanidine groups is 1. The number of nitrogens with zero attached hydrogens (tertiary/aromatic N) is 4. The first-order chi connectivity index (χ1) is 14.5. The van der Waals surface area contributed by atoms with E-state index < -0.39 is 10.0 Å². The van der Waals surface area contributed by atoms with Gasteiger partial charge in [0.2, 0.25) is 10.0 Å². The van der Waals surface area contributed by atoms with E-state index in [0.29, 0.717) is 36.5 Å². The number of hydrogen-bond donors (Lipinski definition) is 2. The van der Waals surface area contributed by atoms with E-state index in [0.717, 1.165) is 38.3 Å². The van der Waals surface area contributed by atoms with Gasteiger partial charge in [-0.2, -0.15) is 4.31 Å². The molecule has 0 bridgehead atoms. The maximum atomic E-state index is 13.2. The van der Waals surface area contributed by atoms with E-state index in [1.807, 2.05) is 19.2 Å². The van der Waals surface area contributed by atoms with Crippen LogP contribution < -0.4 is 10.6 Å². The van der Waals surface area contributed by atoms with Crippen molar-refractivity contribution in [1.82, 2.24) is 24.7 Å². The van der Waals surface area contributed by atoms with Gasteiger partial charge in [0.15, 0.2) is 5.96 Å². The molecule has 1 aromatic rings. The quantitative estimate of drug-likeness (QED) is 0.296. The Morgan fingerprint density at radius 3 is 2.52 bits per heavy atom. The molecule has 0 amide bonds. The molecule has 3 rings (SSSR count). The first-order valence-electron chi connectivity index (χ1n) is 10.9. The number of likely N-dealkylation sites (N-methyl/N-ethyl adjacent to an activating group) is 2. The smallest absolute Gasteiger partial charge is 0.243 e. The summed E-state index contributed by atoms with van der Waals surface area (Å²) in [4.78, 5) is 9.33. The number of likely N-dealkylation sites (tertiary alicyclic amines) is 1. The molecule has 2 saturated heterocycles. The molecule has 0 radical (unpaired) electrons. The van der Waals surface area contributed by atoms with Crippen molar-refractivity contribution in [2.45, 2.75) is 37.2 Å². The van der Waals surface area contributed by atoms with E-state index in [9.17, 15) is 8.42 Å². The lowest BCUT2D eigenvalue weighted by atomic mass is 10.2. The summed E-state index contributed by atoms with van der Waals surface area (Å²) in [5.41, 5.74) is 0.760. The molecule has 31 heavy (non-hydrogen) atoms. The Morgan fingerprint density at radius 2 is 1.84 bits per heavy atom. The van der Waals surface area contributed by atoms with Crippen LogP contribution in [0.5, 0.6) is 0 Å². The van der Waals surface area contributed by atoms with E-state index >= 15 is 0 Å². The summed E-state index contributed by atoms with van der Waals surface area (Å²) in [5.74, 6) is 0.699. The fourth-order valence-electron chi connectivity index (χ4n) is 4.23. The minimum absolute atomic E-state index is 0. The number of halogens is 1. The number of hydrogen-bond acceptors (Lipinski definition) is 5. The largest absolute Gasteiger partial charge is 0.355 e. The zero-order valence-electron chi connectivity index (χ0n) is 18.9. The van der Waals surface area contributed by atoms with Gasteiger partial charge in [0, 0.05) is 52.4 Å². The van der Waals surface area contributed by atoms with Gasteiger partial charge in [-0.1, -0.05) is 25.1 Å². The molecule has 176 valence electrons. The van der Waals surface area contributed by atoms with Crippen LogP contribution in [0.2, 0.25) is 0 Å². The Bertz CT molecular complexity index is 827. The summed E-state index contributed by atoms with van der Waals surface area (Å²) in [7, 11) is 0.257. The van der Waals surface area contributed by atoms with Crippen LogP contribution in [0.15, 0.2) is 34.2 Å². The molecule has 2 N–H and O–H groups in total. The molecule has 2 heterocycles. The number of aliphatic imine (C=N–C) groups is 1. The molecule has 0 aromatic heterocycles. The lowest BCUT2D eigenvalue weighted by Gasteiger charge is -2.32. The zero-order valence-corrected chi connectivity index (χ0v) is 22.0. The van der Waals surface area contributed by atoms with Crippen LogP contribution in [0.3, 0.4) is 0 Å². The summed E-state index contributed by atoms with van der Waals surface area (Å²) >= 11 is 0. The van der Waals surface area contributed by atoms with Gasteiger partial charge in [0.1, 0.15) is 0 Å². The van der Waals surface area contributed by atoms with Crippen molar-refractivity contribution in [2.24, 2.45) is 4.99 Å². The predicted molar refractivity (Wildman–Crippen MR) is 137 cm³/mol. The van der Waals surface area contributed by atoms with E-state index in [-0.39, 0.29) is 24.0 Å². The molecule has 0 spiro atoms. The van der Waals surface area contributed by atoms with Crippen LogP contribution in [0.25, 0.3) is 0 Å². The van der Waals surface area contributed by atoms with Crippen molar-refractivity contribution in [2.75, 3.05) is 59.9 Å². The fourth-order valence-corrected chi connectivity index (χ4v) is 5.87. The molecule has 8 nitrogen and oxygen atoms in total. The third-order valence-corrected chi connectivity index (χ3v) is 8.13. The number of sulfonamides is 1. The average molecular weight is 565 g/mol. The summed E-state index contributed by atoms with van der Waals surface area (Å²) in [5, 5.41) is 6.70. The molecular formula is C21H37IN6O2S. The van der Waals surface area contributed by atoms with Crippen molar-refractivity contribution in [3.63, 3.8) is 0 Å². The molecule has 2 aliphatic rings. The van der Waals surface area contributed by atoms with Crippen LogP contribution in [0, 0.1) is 0 Å². The highest BCUT2D eigenvalue weighted by atomic mass is 127. The Hall–Kier alpha value is -0.950. The van der Waals surface area contributed by atoms with E-state index in [1.54, 1.807) is 23.5 Å². The maximum Gasteiger partial charge on any atom is 0.243 e. The van der Waals surface area contributed by atoms with Crippen LogP contribution >= 0.6 is 24.0 Å². The van der Waals surface area contributed by atoms with Gasteiger partial charge in [0.25, 0.3) is 0 Å². The van der Waals surface area contributed by atoms with Crippen LogP contribution in [-0.4, -0.2) is 94.4 Å². The first-order valence-corrected chi connectivity index (χ1v) is 12.3. The summed E-state index contributed by atoms with van der Waals surface area (Å²) in [6.45, 7) is 8.24. The molecule has 10 heteroatoms. The summed E-state index contributed by atoms with van der Waals surface area (Å²) < 4.78 is 28.0. The molecule has 2 fully saturated rings. The van der Waals surface area contributed by atoms with Crippen molar-refractivity contribution in [3.05, 3.63) is 29.8 Å². The van der Waals surface area contributed by atoms with Crippen molar-refractivity contribution < 1.29 is 8.42 Å². The van der Waals surface area contributed by atoms with Gasteiger partial charge in [-0.3, -0.25) is 9.89 Å². The SMILES string of the molecule is CCN1CCCC1CNC(=NC)NCc1ccccc1S(=O)(=O)N1CCN(C)CC1.I. The summed E-state index contributed by atoms with van der Waals surface area (Å²) in [6.07, 6.45) is 2.44. The molecule has 0 saturated carbocycles. The minimum atomic E-state index is -3.51. The van der Waals surface area contributed by atoms with Crippen molar-refractivity contribution in [3.8, 4) is 0 Å². The highest BCUT2D eigenvalue weighted by molar-refractivity contribution is 14.0. The normalized spacial score (nSPS) is 21.6. The van der Waals surface area contributed by atoms with E-state index in [4.69, 9.17) is 0 Å². The highest BCUT2D eigenvalue weighted by Crippen LogP contribution is 2.21. The second-order valence-electron chi connectivity index (χ2n) is 8.05. The number of rotatable bonds is 7. The van der Waals surface area contributed by atoms with Gasteiger partial charge < -0.3 is 15.5 Å². The van der Waals surface area contributed by atoms with Crippen LogP contribution in [0.1, 0.15) is 25.3 Å². The van der Waals surface area contributed by atoms with Gasteiger partial charge >= 0.3 is 0 Å². The lowest BCUT2D eigenvalue weighted by molar-refractivity contribution is 0.222. The Kier molecular flexibility index (Phi) is 10.5. The van der Waals surface area contributed by atoms with Gasteiger partial charge in [-0.05, 0) is 44.6 Å². The topological polar surface area (TPSA) is 80.3 Å². The lowest BCUT2D eigenvalue weighted by Crippen LogP contribution is -2.47. The predicted octanol–water partition coefficient (Wildman–Crippen LogP) is 1.39. The molecule has 1 aromatic carbocycles. The third kappa shape index (κ3) is 6.77. The monoisotopic (exact) mass is 564 g/mol. The molecule has 1 unspecified atom stereocenters. The summed E-state index contributed by atoms with van der Waals surface area (Å²) in [6, 6.07) is 7.78. The molecule has 0 aliphatic carbocycles. The number of piperazine rings is 1. The van der Waals surface area contributed by atoms with Gasteiger partial charge in [-0.25, -0.2) is 8.42 Å². The Morgan fingerprint density at radius 1 is 1.13 bits per heavy atom. The molecule has 1 atom stereocenters. The van der Waals surface area contributed by atoms with Crippen molar-refractivity contribution in [1.29, 1.82) is 0 Å². The Labute approximate surface area is 204 Å². The second-order valence-corrected chi connectivity index (χ2v) is 9.95. The standard InChI is InChI=1S/C21H36N6O2S.HI/c1-4-26-11-7-9-19(26)17-24-21(22-2)23-16-18-8-5-6-10-20(18)30(28,29)27-14-12-25(3)13-15-27;/h5-6,8,10,19H,4,7,9,11-17H2,1-3H3,(H2,22,23,24);1H. The van der Waals surface area contributed by atoms with Crippen LogP contribution in [0.4, 0.5) is 0 Å². The zero-order chi connectivity index (χ0) is 21.6. The molecular weight excluding hydrogens is 527 g/mol. The number of nitrogens with one attached hydrogen (secondary N) is 2. The van der Waals surface area contributed by atoms with Gasteiger partial charge in [0.05, 0.1) is 4.90 Å². The molecule has 2 aliphatic heterocycles. The van der Waals surface area contributed by atoms with Crippen LogP contribution in [-0.2, 0) is 16.6 Å². The second kappa shape index (κ2) is 12.3.